The number of likely N-dealkylation sites (N-methyl/N-ethyl adjacent to an activating group) is 1. The van der Waals surface area contributed by atoms with E-state index in [9.17, 15) is 9.59 Å². The highest BCUT2D eigenvalue weighted by Crippen LogP contribution is 2.40. The highest BCUT2D eigenvalue weighted by atomic mass is 16.2. The Hall–Kier alpha value is -1.85. The number of H-pyrrole nitrogens is 1. The Kier molecular flexibility index (Phi) is 3.70. The molecule has 22 heavy (non-hydrogen) atoms. The molecule has 6 nitrogen and oxygen atoms in total. The van der Waals surface area contributed by atoms with Gasteiger partial charge in [0.15, 0.2) is 0 Å². The van der Waals surface area contributed by atoms with Crippen LogP contribution in [0.5, 0.6) is 0 Å². The molecule has 1 saturated carbocycles. The highest BCUT2D eigenvalue weighted by Gasteiger charge is 2.54. The zero-order valence-corrected chi connectivity index (χ0v) is 13.6. The summed E-state index contributed by atoms with van der Waals surface area (Å²) in [5, 5.41) is 6.88. The van der Waals surface area contributed by atoms with Gasteiger partial charge in [-0.05, 0) is 26.2 Å². The maximum atomic E-state index is 12.8. The number of nitrogens with zero attached hydrogens (tertiary/aromatic N) is 3. The van der Waals surface area contributed by atoms with Gasteiger partial charge in [0.25, 0.3) is 5.91 Å². The number of aromatic amines is 1. The van der Waals surface area contributed by atoms with Crippen molar-refractivity contribution in [3.05, 3.63) is 11.9 Å². The third kappa shape index (κ3) is 2.21. The van der Waals surface area contributed by atoms with Crippen molar-refractivity contribution in [2.24, 2.45) is 5.92 Å². The van der Waals surface area contributed by atoms with Gasteiger partial charge >= 0.3 is 6.03 Å². The normalized spacial score (nSPS) is 27.0. The fraction of sp³-hybridized carbons (Fsp3) is 0.688. The van der Waals surface area contributed by atoms with Crippen molar-refractivity contribution in [3.8, 4) is 0 Å². The lowest BCUT2D eigenvalue weighted by atomic mass is 9.79. The number of nitrogens with one attached hydrogen (secondary N) is 1. The topological polar surface area (TPSA) is 69.3 Å². The summed E-state index contributed by atoms with van der Waals surface area (Å²) in [6, 6.07) is -0.257. The quantitative estimate of drug-likeness (QED) is 0.873. The number of anilines is 1. The van der Waals surface area contributed by atoms with E-state index in [0.717, 1.165) is 25.0 Å². The summed E-state index contributed by atoms with van der Waals surface area (Å²) in [4.78, 5) is 28.3. The largest absolute Gasteiger partial charge is 0.332 e. The van der Waals surface area contributed by atoms with Crippen LogP contribution in [-0.2, 0) is 4.79 Å². The van der Waals surface area contributed by atoms with Crippen LogP contribution in [0.1, 0.15) is 51.1 Å². The molecule has 1 saturated heterocycles. The van der Waals surface area contributed by atoms with E-state index in [1.807, 2.05) is 13.8 Å². The first kappa shape index (κ1) is 15.1. The van der Waals surface area contributed by atoms with Gasteiger partial charge in [-0.1, -0.05) is 32.1 Å². The summed E-state index contributed by atoms with van der Waals surface area (Å²) in [5.74, 6) is 0.403. The molecule has 0 bridgehead atoms. The van der Waals surface area contributed by atoms with Gasteiger partial charge in [0, 0.05) is 7.05 Å². The SMILES string of the molecule is Cc1[nH]ncc1N1C(=O)N(C)C(=O)[C@@]1(C)CC1CCCCC1. The van der Waals surface area contributed by atoms with E-state index >= 15 is 0 Å². The number of rotatable bonds is 3. The molecule has 0 spiro atoms. The smallest absolute Gasteiger partial charge is 0.281 e. The maximum absolute atomic E-state index is 12.8. The molecular weight excluding hydrogens is 280 g/mol. The third-order valence-electron chi connectivity index (χ3n) is 5.19. The van der Waals surface area contributed by atoms with Gasteiger partial charge < -0.3 is 0 Å². The average Bonchev–Trinajstić information content (AvgIpc) is 2.98. The molecule has 0 aromatic carbocycles. The number of carbonyl (C=O) groups is 2. The predicted octanol–water partition coefficient (Wildman–Crippen LogP) is 2.85. The van der Waals surface area contributed by atoms with Gasteiger partial charge in [-0.25, -0.2) is 4.79 Å². The van der Waals surface area contributed by atoms with Crippen LogP contribution in [0.3, 0.4) is 0 Å². The second kappa shape index (κ2) is 5.41. The minimum atomic E-state index is -0.803. The Morgan fingerprint density at radius 1 is 1.32 bits per heavy atom. The van der Waals surface area contributed by atoms with Gasteiger partial charge in [-0.15, -0.1) is 0 Å². The van der Waals surface area contributed by atoms with Crippen LogP contribution < -0.4 is 4.90 Å². The Balaban J connectivity index is 1.95. The summed E-state index contributed by atoms with van der Waals surface area (Å²) in [6.07, 6.45) is 8.40. The lowest BCUT2D eigenvalue weighted by Gasteiger charge is -2.35. The first-order valence-electron chi connectivity index (χ1n) is 8.07. The Morgan fingerprint density at radius 3 is 2.59 bits per heavy atom. The van der Waals surface area contributed by atoms with Crippen LogP contribution in [0.25, 0.3) is 0 Å². The summed E-state index contributed by atoms with van der Waals surface area (Å²) in [6.45, 7) is 3.78. The van der Waals surface area contributed by atoms with Crippen molar-refractivity contribution in [3.63, 3.8) is 0 Å². The molecular formula is C16H24N4O2. The van der Waals surface area contributed by atoms with Crippen LogP contribution in [0.15, 0.2) is 6.20 Å². The van der Waals surface area contributed by atoms with E-state index in [-0.39, 0.29) is 11.9 Å². The molecule has 2 fully saturated rings. The van der Waals surface area contributed by atoms with Gasteiger partial charge in [-0.2, -0.15) is 5.10 Å². The molecule has 2 aliphatic rings. The molecule has 1 N–H and O–H groups in total. The number of aryl methyl sites for hydroxylation is 1. The highest BCUT2D eigenvalue weighted by molar-refractivity contribution is 6.16. The molecule has 6 heteroatoms. The molecule has 1 aliphatic heterocycles. The second-order valence-corrected chi connectivity index (χ2v) is 6.84. The number of amides is 3. The summed E-state index contributed by atoms with van der Waals surface area (Å²) in [5.41, 5.74) is 0.718. The van der Waals surface area contributed by atoms with Crippen LogP contribution in [0.4, 0.5) is 10.5 Å². The minimum Gasteiger partial charge on any atom is -0.281 e. The molecule has 1 aliphatic carbocycles. The zero-order chi connectivity index (χ0) is 15.9. The summed E-state index contributed by atoms with van der Waals surface area (Å²) in [7, 11) is 1.57. The molecule has 120 valence electrons. The first-order valence-corrected chi connectivity index (χ1v) is 8.07. The van der Waals surface area contributed by atoms with Crippen molar-refractivity contribution in [1.29, 1.82) is 0 Å². The zero-order valence-electron chi connectivity index (χ0n) is 13.6. The Labute approximate surface area is 130 Å². The van der Waals surface area contributed by atoms with E-state index < -0.39 is 5.54 Å². The lowest BCUT2D eigenvalue weighted by molar-refractivity contribution is -0.130. The fourth-order valence-electron chi connectivity index (χ4n) is 3.98. The molecule has 1 atom stereocenters. The number of imide groups is 1. The van der Waals surface area contributed by atoms with Crippen LogP contribution in [-0.4, -0.2) is 39.6 Å². The fourth-order valence-corrected chi connectivity index (χ4v) is 3.98. The number of hydrogen-bond donors (Lipinski definition) is 1. The first-order chi connectivity index (χ1) is 10.4. The van der Waals surface area contributed by atoms with E-state index in [1.165, 1.54) is 24.2 Å². The Morgan fingerprint density at radius 2 is 2.00 bits per heavy atom. The molecule has 0 unspecified atom stereocenters. The predicted molar refractivity (Wildman–Crippen MR) is 83.6 cm³/mol. The average molecular weight is 304 g/mol. The third-order valence-corrected chi connectivity index (χ3v) is 5.19. The van der Waals surface area contributed by atoms with Gasteiger partial charge in [0.1, 0.15) is 5.54 Å². The van der Waals surface area contributed by atoms with E-state index in [1.54, 1.807) is 18.1 Å². The minimum absolute atomic E-state index is 0.108. The molecule has 0 radical (unpaired) electrons. The van der Waals surface area contributed by atoms with Crippen molar-refractivity contribution >= 4 is 17.6 Å². The van der Waals surface area contributed by atoms with Gasteiger partial charge in [-0.3, -0.25) is 19.7 Å². The van der Waals surface area contributed by atoms with Crippen molar-refractivity contribution in [1.82, 2.24) is 15.1 Å². The molecule has 1 aromatic heterocycles. The van der Waals surface area contributed by atoms with Crippen LogP contribution in [0, 0.1) is 12.8 Å². The van der Waals surface area contributed by atoms with E-state index in [0.29, 0.717) is 11.6 Å². The van der Waals surface area contributed by atoms with E-state index in [2.05, 4.69) is 10.2 Å². The number of hydrogen-bond acceptors (Lipinski definition) is 3. The monoisotopic (exact) mass is 304 g/mol. The molecule has 3 amide bonds. The molecule has 1 aromatic rings. The van der Waals surface area contributed by atoms with Crippen molar-refractivity contribution in [2.45, 2.75) is 57.9 Å². The number of aromatic nitrogens is 2. The van der Waals surface area contributed by atoms with Crippen LogP contribution in [0.2, 0.25) is 0 Å². The summed E-state index contributed by atoms with van der Waals surface area (Å²) < 4.78 is 0. The van der Waals surface area contributed by atoms with Crippen molar-refractivity contribution < 1.29 is 9.59 Å². The van der Waals surface area contributed by atoms with Crippen molar-refractivity contribution in [2.75, 3.05) is 11.9 Å². The second-order valence-electron chi connectivity index (χ2n) is 6.84. The number of urea groups is 1. The maximum Gasteiger partial charge on any atom is 0.332 e. The van der Waals surface area contributed by atoms with Gasteiger partial charge in [0.2, 0.25) is 0 Å². The Bertz CT molecular complexity index is 591. The molecule has 2 heterocycles. The standard InChI is InChI=1S/C16H24N4O2/c1-11-13(10-17-18-11)20-15(22)19(3)14(21)16(20,2)9-12-7-5-4-6-8-12/h10,12H,4-9H2,1-3H3,(H,17,18)/t16-/m1/s1. The van der Waals surface area contributed by atoms with E-state index in [4.69, 9.17) is 0 Å². The van der Waals surface area contributed by atoms with Crippen LogP contribution >= 0.6 is 0 Å². The molecule has 3 rings (SSSR count). The lowest BCUT2D eigenvalue weighted by Crippen LogP contribution is -2.49. The summed E-state index contributed by atoms with van der Waals surface area (Å²) >= 11 is 0. The number of carbonyl (C=O) groups excluding carboxylic acids is 2. The van der Waals surface area contributed by atoms with Gasteiger partial charge in [0.05, 0.1) is 17.6 Å².